The number of imidazole rings is 1. The summed E-state index contributed by atoms with van der Waals surface area (Å²) in [6, 6.07) is 24.1. The lowest BCUT2D eigenvalue weighted by atomic mass is 9.98. The predicted molar refractivity (Wildman–Crippen MR) is 128 cm³/mol. The first-order chi connectivity index (χ1) is 15.4. The van der Waals surface area contributed by atoms with E-state index in [0.29, 0.717) is 6.54 Å². The standard InChI is InChI=1S/C26H28N4O2/c1-28(2)17-19-12-14-20(15-13-19)22-9-5-4-8-21(22)16-27-25(31)18-30-24-11-7-6-10-23(24)29(3)26(30)32/h4-15H,16-18H2,1-3H3,(H,27,31). The van der Waals surface area contributed by atoms with Gasteiger partial charge in [-0.15, -0.1) is 0 Å². The number of hydrogen-bond donors (Lipinski definition) is 1. The van der Waals surface area contributed by atoms with Gasteiger partial charge in [0.25, 0.3) is 0 Å². The number of hydrogen-bond acceptors (Lipinski definition) is 3. The molecule has 0 atom stereocenters. The molecule has 6 nitrogen and oxygen atoms in total. The van der Waals surface area contributed by atoms with Crippen molar-refractivity contribution in [2.45, 2.75) is 19.6 Å². The van der Waals surface area contributed by atoms with E-state index in [0.717, 1.165) is 34.3 Å². The van der Waals surface area contributed by atoms with E-state index in [4.69, 9.17) is 0 Å². The van der Waals surface area contributed by atoms with Gasteiger partial charge in [-0.25, -0.2) is 4.79 Å². The number of para-hydroxylation sites is 2. The maximum Gasteiger partial charge on any atom is 0.329 e. The minimum absolute atomic E-state index is 0.0123. The summed E-state index contributed by atoms with van der Waals surface area (Å²) in [7, 11) is 5.83. The Kier molecular flexibility index (Phi) is 6.23. The first kappa shape index (κ1) is 21.6. The minimum Gasteiger partial charge on any atom is -0.350 e. The third-order valence-electron chi connectivity index (χ3n) is 5.61. The molecule has 0 fully saturated rings. The van der Waals surface area contributed by atoms with Crippen LogP contribution in [0.1, 0.15) is 11.1 Å². The molecule has 6 heteroatoms. The number of aryl methyl sites for hydroxylation is 1. The molecule has 1 amide bonds. The number of rotatable bonds is 7. The Hall–Kier alpha value is -3.64. The van der Waals surface area contributed by atoms with Gasteiger partial charge in [0.15, 0.2) is 0 Å². The zero-order chi connectivity index (χ0) is 22.7. The van der Waals surface area contributed by atoms with Crippen LogP contribution < -0.4 is 11.0 Å². The molecule has 4 rings (SSSR count). The van der Waals surface area contributed by atoms with E-state index in [9.17, 15) is 9.59 Å². The van der Waals surface area contributed by atoms with Crippen LogP contribution in [0, 0.1) is 0 Å². The molecular formula is C26H28N4O2. The van der Waals surface area contributed by atoms with Crippen LogP contribution in [0.5, 0.6) is 0 Å². The van der Waals surface area contributed by atoms with Crippen molar-refractivity contribution in [2.75, 3.05) is 14.1 Å². The molecule has 0 spiro atoms. The van der Waals surface area contributed by atoms with Crippen LogP contribution in [-0.2, 0) is 31.5 Å². The van der Waals surface area contributed by atoms with Crippen molar-refractivity contribution in [3.63, 3.8) is 0 Å². The van der Waals surface area contributed by atoms with Crippen molar-refractivity contribution in [2.24, 2.45) is 7.05 Å². The lowest BCUT2D eigenvalue weighted by molar-refractivity contribution is -0.121. The summed E-state index contributed by atoms with van der Waals surface area (Å²) in [5.74, 6) is -0.195. The van der Waals surface area contributed by atoms with E-state index in [2.05, 4.69) is 54.6 Å². The highest BCUT2D eigenvalue weighted by molar-refractivity contribution is 5.81. The summed E-state index contributed by atoms with van der Waals surface area (Å²) in [5, 5.41) is 2.98. The zero-order valence-corrected chi connectivity index (χ0v) is 18.7. The van der Waals surface area contributed by atoms with E-state index >= 15 is 0 Å². The van der Waals surface area contributed by atoms with Gasteiger partial charge in [-0.1, -0.05) is 60.7 Å². The van der Waals surface area contributed by atoms with Crippen molar-refractivity contribution >= 4 is 16.9 Å². The quantitative estimate of drug-likeness (QED) is 0.491. The van der Waals surface area contributed by atoms with Crippen LogP contribution in [0.25, 0.3) is 22.2 Å². The molecule has 4 aromatic rings. The minimum atomic E-state index is -0.195. The average molecular weight is 429 g/mol. The van der Waals surface area contributed by atoms with Gasteiger partial charge in [0.05, 0.1) is 11.0 Å². The van der Waals surface area contributed by atoms with Crippen molar-refractivity contribution < 1.29 is 4.79 Å². The number of nitrogens with one attached hydrogen (secondary N) is 1. The number of fused-ring (bicyclic) bond motifs is 1. The second-order valence-corrected chi connectivity index (χ2v) is 8.29. The van der Waals surface area contributed by atoms with Crippen LogP contribution in [0.4, 0.5) is 0 Å². The molecule has 3 aromatic carbocycles. The van der Waals surface area contributed by atoms with Crippen molar-refractivity contribution in [1.29, 1.82) is 0 Å². The van der Waals surface area contributed by atoms with Gasteiger partial charge in [-0.05, 0) is 48.5 Å². The normalized spacial score (nSPS) is 11.2. The largest absolute Gasteiger partial charge is 0.350 e. The molecule has 164 valence electrons. The van der Waals surface area contributed by atoms with Crippen LogP contribution in [0.15, 0.2) is 77.6 Å². The maximum atomic E-state index is 12.7. The Morgan fingerprint density at radius 2 is 1.56 bits per heavy atom. The highest BCUT2D eigenvalue weighted by atomic mass is 16.2. The average Bonchev–Trinajstić information content (AvgIpc) is 3.03. The number of carbonyl (C=O) groups excluding carboxylic acids is 1. The number of nitrogens with zero attached hydrogens (tertiary/aromatic N) is 3. The number of carbonyl (C=O) groups is 1. The van der Waals surface area contributed by atoms with Crippen LogP contribution in [0.2, 0.25) is 0 Å². The summed E-state index contributed by atoms with van der Waals surface area (Å²) >= 11 is 0. The molecule has 0 bridgehead atoms. The summed E-state index contributed by atoms with van der Waals surface area (Å²) in [6.07, 6.45) is 0. The second-order valence-electron chi connectivity index (χ2n) is 8.29. The molecule has 0 unspecified atom stereocenters. The first-order valence-corrected chi connectivity index (χ1v) is 10.7. The molecule has 0 aliphatic carbocycles. The van der Waals surface area contributed by atoms with Gasteiger partial charge in [-0.3, -0.25) is 13.9 Å². The van der Waals surface area contributed by atoms with Gasteiger partial charge in [0.1, 0.15) is 6.54 Å². The Balaban J connectivity index is 1.49. The Labute approximate surface area is 187 Å². The fourth-order valence-corrected chi connectivity index (χ4v) is 4.02. The fourth-order valence-electron chi connectivity index (χ4n) is 4.02. The summed E-state index contributed by atoms with van der Waals surface area (Å²) in [5.41, 5.74) is 5.87. The molecule has 0 saturated carbocycles. The fraction of sp³-hybridized carbons (Fsp3) is 0.231. The molecule has 0 aliphatic heterocycles. The second kappa shape index (κ2) is 9.24. The lowest BCUT2D eigenvalue weighted by Gasteiger charge is -2.13. The van der Waals surface area contributed by atoms with E-state index in [1.165, 1.54) is 10.1 Å². The smallest absolute Gasteiger partial charge is 0.329 e. The number of aromatic nitrogens is 2. The molecule has 0 radical (unpaired) electrons. The summed E-state index contributed by atoms with van der Waals surface area (Å²) in [6.45, 7) is 1.28. The molecule has 0 aliphatic rings. The molecule has 0 saturated heterocycles. The first-order valence-electron chi connectivity index (χ1n) is 10.7. The molecule has 32 heavy (non-hydrogen) atoms. The van der Waals surface area contributed by atoms with Crippen molar-refractivity contribution in [3.05, 3.63) is 94.4 Å². The molecule has 1 heterocycles. The lowest BCUT2D eigenvalue weighted by Crippen LogP contribution is -2.32. The zero-order valence-electron chi connectivity index (χ0n) is 18.7. The molecule has 1 N–H and O–H groups in total. The predicted octanol–water partition coefficient (Wildman–Crippen LogP) is 3.39. The van der Waals surface area contributed by atoms with Gasteiger partial charge in [0, 0.05) is 20.1 Å². The highest BCUT2D eigenvalue weighted by Gasteiger charge is 2.13. The topological polar surface area (TPSA) is 59.3 Å². The van der Waals surface area contributed by atoms with E-state index < -0.39 is 0 Å². The van der Waals surface area contributed by atoms with Crippen LogP contribution >= 0.6 is 0 Å². The highest BCUT2D eigenvalue weighted by Crippen LogP contribution is 2.24. The van der Waals surface area contributed by atoms with Gasteiger partial charge in [-0.2, -0.15) is 0 Å². The van der Waals surface area contributed by atoms with E-state index in [1.807, 2.05) is 42.5 Å². The van der Waals surface area contributed by atoms with Crippen molar-refractivity contribution in [1.82, 2.24) is 19.4 Å². The van der Waals surface area contributed by atoms with Gasteiger partial charge in [0.2, 0.25) is 5.91 Å². The van der Waals surface area contributed by atoms with Crippen LogP contribution in [0.3, 0.4) is 0 Å². The molecule has 1 aromatic heterocycles. The summed E-state index contributed by atoms with van der Waals surface area (Å²) in [4.78, 5) is 27.4. The summed E-state index contributed by atoms with van der Waals surface area (Å²) < 4.78 is 3.08. The van der Waals surface area contributed by atoms with Gasteiger partial charge >= 0.3 is 5.69 Å². The maximum absolute atomic E-state index is 12.7. The Morgan fingerprint density at radius 1 is 0.906 bits per heavy atom. The van der Waals surface area contributed by atoms with E-state index in [-0.39, 0.29) is 18.1 Å². The monoisotopic (exact) mass is 428 g/mol. The Bertz CT molecular complexity index is 1300. The number of amides is 1. The third kappa shape index (κ3) is 4.50. The third-order valence-corrected chi connectivity index (χ3v) is 5.61. The van der Waals surface area contributed by atoms with E-state index in [1.54, 1.807) is 11.6 Å². The molecular weight excluding hydrogens is 400 g/mol. The Morgan fingerprint density at radius 3 is 2.28 bits per heavy atom. The van der Waals surface area contributed by atoms with Gasteiger partial charge < -0.3 is 10.2 Å². The number of benzene rings is 3. The van der Waals surface area contributed by atoms with Crippen LogP contribution in [-0.4, -0.2) is 34.0 Å². The SMILES string of the molecule is CN(C)Cc1ccc(-c2ccccc2CNC(=O)Cn2c(=O)n(C)c3ccccc32)cc1. The van der Waals surface area contributed by atoms with Crippen molar-refractivity contribution in [3.8, 4) is 11.1 Å².